The van der Waals surface area contributed by atoms with Gasteiger partial charge in [0.2, 0.25) is 10.0 Å². The van der Waals surface area contributed by atoms with Gasteiger partial charge in [-0.3, -0.25) is 4.90 Å². The number of sulfonamides is 1. The maximum Gasteiger partial charge on any atom is 1.00 e. The number of carboxylic acids is 1. The number of halogens is 1. The Labute approximate surface area is 205 Å². The Morgan fingerprint density at radius 1 is 1.13 bits per heavy atom. The number of hydrogen-bond donors (Lipinski definition) is 0. The Kier molecular flexibility index (Phi) is 9.36. The number of aryl methyl sites for hydroxylation is 1. The van der Waals surface area contributed by atoms with Gasteiger partial charge in [-0.15, -0.1) is 0 Å². The van der Waals surface area contributed by atoms with Crippen LogP contribution in [0.3, 0.4) is 0 Å². The van der Waals surface area contributed by atoms with Crippen LogP contribution < -0.4 is 34.7 Å². The summed E-state index contributed by atoms with van der Waals surface area (Å²) in [5, 5.41) is 11.4. The molecule has 0 radical (unpaired) electrons. The summed E-state index contributed by atoms with van der Waals surface area (Å²) in [4.78, 5) is 13.3. The third-order valence-corrected chi connectivity index (χ3v) is 7.42. The standard InChI is InChI=1S/C21H25ClN2O4S.Na/c1-16-14-23(11-12-24(16)29(27,28)20-5-3-2-4-6-20)15-18-13-19(22)9-7-17(18)8-10-21(25)26;/h2-7,9,13,16H,8,10-12,14-15H2,1H3,(H,25,26);/q;+1/p-1/t16-;/m0./s1. The Hall–Kier alpha value is -0.930. The van der Waals surface area contributed by atoms with Crippen LogP contribution in [0, 0.1) is 0 Å². The SMILES string of the molecule is C[C@H]1CN(Cc2cc(Cl)ccc2CCC(=O)[O-])CCN1S(=O)(=O)c1ccccc1.[Na+]. The molecular weight excluding hydrogens is 435 g/mol. The van der Waals surface area contributed by atoms with Crippen LogP contribution in [0.15, 0.2) is 53.4 Å². The molecule has 0 unspecified atom stereocenters. The van der Waals surface area contributed by atoms with Crippen LogP contribution in [0.4, 0.5) is 0 Å². The van der Waals surface area contributed by atoms with Gasteiger partial charge in [-0.25, -0.2) is 8.42 Å². The summed E-state index contributed by atoms with van der Waals surface area (Å²) in [5.41, 5.74) is 1.89. The van der Waals surface area contributed by atoms with Gasteiger partial charge in [-0.2, -0.15) is 4.31 Å². The molecule has 2 aromatic carbocycles. The second-order valence-electron chi connectivity index (χ2n) is 7.30. The van der Waals surface area contributed by atoms with Gasteiger partial charge >= 0.3 is 29.6 Å². The first-order valence-corrected chi connectivity index (χ1v) is 11.4. The van der Waals surface area contributed by atoms with E-state index in [0.717, 1.165) is 11.1 Å². The molecule has 30 heavy (non-hydrogen) atoms. The third-order valence-electron chi connectivity index (χ3n) is 5.16. The molecule has 0 aliphatic carbocycles. The van der Waals surface area contributed by atoms with E-state index in [1.165, 1.54) is 0 Å². The van der Waals surface area contributed by atoms with Crippen LogP contribution in [0.25, 0.3) is 0 Å². The fourth-order valence-electron chi connectivity index (χ4n) is 3.71. The molecular formula is C21H24ClN2NaO4S. The maximum absolute atomic E-state index is 12.9. The molecule has 1 heterocycles. The van der Waals surface area contributed by atoms with E-state index in [1.54, 1.807) is 40.7 Å². The molecule has 6 nitrogen and oxygen atoms in total. The number of carbonyl (C=O) groups is 1. The van der Waals surface area contributed by atoms with Crippen molar-refractivity contribution in [1.29, 1.82) is 0 Å². The Morgan fingerprint density at radius 2 is 1.83 bits per heavy atom. The predicted octanol–water partition coefficient (Wildman–Crippen LogP) is -1.08. The molecule has 0 aromatic heterocycles. The molecule has 1 atom stereocenters. The molecule has 3 rings (SSSR count). The van der Waals surface area contributed by atoms with Crippen molar-refractivity contribution < 1.29 is 47.9 Å². The van der Waals surface area contributed by atoms with Crippen molar-refractivity contribution >= 4 is 27.6 Å². The number of aliphatic carboxylic acids is 1. The van der Waals surface area contributed by atoms with Crippen LogP contribution in [0.5, 0.6) is 0 Å². The average Bonchev–Trinajstić information content (AvgIpc) is 2.68. The quantitative estimate of drug-likeness (QED) is 0.493. The van der Waals surface area contributed by atoms with Crippen LogP contribution in [-0.4, -0.2) is 49.3 Å². The number of nitrogens with zero attached hydrogens (tertiary/aromatic N) is 2. The molecule has 9 heteroatoms. The summed E-state index contributed by atoms with van der Waals surface area (Å²) in [6.45, 7) is 4.06. The summed E-state index contributed by atoms with van der Waals surface area (Å²) in [6, 6.07) is 13.7. The number of benzene rings is 2. The van der Waals surface area contributed by atoms with Crippen molar-refractivity contribution in [2.24, 2.45) is 0 Å². The van der Waals surface area contributed by atoms with Crippen molar-refractivity contribution in [3.05, 3.63) is 64.7 Å². The van der Waals surface area contributed by atoms with Gasteiger partial charge in [0.25, 0.3) is 0 Å². The van der Waals surface area contributed by atoms with E-state index in [1.807, 2.05) is 19.1 Å². The summed E-state index contributed by atoms with van der Waals surface area (Å²) >= 11 is 6.14. The van der Waals surface area contributed by atoms with Crippen LogP contribution in [-0.2, 0) is 27.8 Å². The number of carboxylic acid groups (broad SMARTS) is 1. The fraction of sp³-hybridized carbons (Fsp3) is 0.381. The van der Waals surface area contributed by atoms with Gasteiger partial charge < -0.3 is 9.90 Å². The molecule has 1 fully saturated rings. The van der Waals surface area contributed by atoms with E-state index in [9.17, 15) is 18.3 Å². The van der Waals surface area contributed by atoms with E-state index in [-0.39, 0.29) is 42.0 Å². The van der Waals surface area contributed by atoms with E-state index in [0.29, 0.717) is 42.5 Å². The molecule has 0 saturated carbocycles. The normalized spacial score (nSPS) is 18.0. The number of piperazine rings is 1. The monoisotopic (exact) mass is 458 g/mol. The summed E-state index contributed by atoms with van der Waals surface area (Å²) in [6.07, 6.45) is 0.334. The van der Waals surface area contributed by atoms with Crippen molar-refractivity contribution in [1.82, 2.24) is 9.21 Å². The molecule has 0 N–H and O–H groups in total. The molecule has 1 aliphatic heterocycles. The molecule has 156 valence electrons. The summed E-state index contributed by atoms with van der Waals surface area (Å²) in [7, 11) is -3.53. The van der Waals surface area contributed by atoms with Gasteiger partial charge in [0, 0.05) is 43.2 Å². The zero-order valence-corrected chi connectivity index (χ0v) is 20.8. The van der Waals surface area contributed by atoms with Crippen molar-refractivity contribution in [3.63, 3.8) is 0 Å². The van der Waals surface area contributed by atoms with Crippen LogP contribution >= 0.6 is 11.6 Å². The van der Waals surface area contributed by atoms with Crippen LogP contribution in [0.2, 0.25) is 5.02 Å². The molecule has 1 saturated heterocycles. The van der Waals surface area contributed by atoms with Gasteiger partial charge in [0.05, 0.1) is 4.90 Å². The molecule has 1 aliphatic rings. The third kappa shape index (κ3) is 6.29. The van der Waals surface area contributed by atoms with Crippen LogP contribution in [0.1, 0.15) is 24.5 Å². The van der Waals surface area contributed by atoms with Crippen molar-refractivity contribution in [2.75, 3.05) is 19.6 Å². The first-order chi connectivity index (χ1) is 13.8. The zero-order chi connectivity index (χ0) is 21.0. The van der Waals surface area contributed by atoms with Crippen molar-refractivity contribution in [3.8, 4) is 0 Å². The Balaban J connectivity index is 0.00000320. The van der Waals surface area contributed by atoms with E-state index in [2.05, 4.69) is 4.90 Å². The maximum atomic E-state index is 12.9. The Morgan fingerprint density at radius 3 is 2.47 bits per heavy atom. The fourth-order valence-corrected chi connectivity index (χ4v) is 5.54. The minimum absolute atomic E-state index is 0. The number of hydrogen-bond acceptors (Lipinski definition) is 5. The minimum atomic E-state index is -3.53. The summed E-state index contributed by atoms with van der Waals surface area (Å²) < 4.78 is 27.4. The minimum Gasteiger partial charge on any atom is -0.550 e. The average molecular weight is 459 g/mol. The Bertz CT molecular complexity index is 972. The molecule has 0 spiro atoms. The van der Waals surface area contributed by atoms with Gasteiger partial charge in [0.15, 0.2) is 0 Å². The van der Waals surface area contributed by atoms with Gasteiger partial charge in [-0.1, -0.05) is 35.9 Å². The molecule has 0 bridgehead atoms. The number of carbonyl (C=O) groups excluding carboxylic acids is 1. The van der Waals surface area contributed by atoms with E-state index >= 15 is 0 Å². The smallest absolute Gasteiger partial charge is 0.550 e. The van der Waals surface area contributed by atoms with E-state index in [4.69, 9.17) is 11.6 Å². The second kappa shape index (κ2) is 11.1. The topological polar surface area (TPSA) is 80.8 Å². The van der Waals surface area contributed by atoms with E-state index < -0.39 is 16.0 Å². The largest absolute Gasteiger partial charge is 1.00 e. The predicted molar refractivity (Wildman–Crippen MR) is 110 cm³/mol. The molecule has 2 aromatic rings. The van der Waals surface area contributed by atoms with Crippen molar-refractivity contribution in [2.45, 2.75) is 37.2 Å². The zero-order valence-electron chi connectivity index (χ0n) is 17.3. The molecule has 0 amide bonds. The number of rotatable bonds is 7. The first-order valence-electron chi connectivity index (χ1n) is 9.54. The van der Waals surface area contributed by atoms with Gasteiger partial charge in [-0.05, 0) is 55.2 Å². The summed E-state index contributed by atoms with van der Waals surface area (Å²) in [5.74, 6) is -1.08. The first kappa shape index (κ1) is 25.3. The van der Waals surface area contributed by atoms with Gasteiger partial charge in [0.1, 0.15) is 0 Å². The second-order valence-corrected chi connectivity index (χ2v) is 9.62.